The molecule has 0 saturated heterocycles. The smallest absolute Gasteiger partial charge is 0.0443 e. The molecule has 0 heterocycles. The van der Waals surface area contributed by atoms with Crippen molar-refractivity contribution >= 4 is 0 Å². The lowest BCUT2D eigenvalue weighted by atomic mass is 9.84. The molecule has 1 rings (SSSR count). The molecule has 0 radical (unpaired) electrons. The molecule has 0 atom stereocenters. The van der Waals surface area contributed by atoms with Crippen LogP contribution in [0, 0.1) is 11.8 Å². The van der Waals surface area contributed by atoms with Gasteiger partial charge in [-0.15, -0.1) is 0 Å². The van der Waals surface area contributed by atoms with Crippen molar-refractivity contribution in [3.05, 3.63) is 0 Å². The van der Waals surface area contributed by atoms with Crippen LogP contribution < -0.4 is 0 Å². The monoisotopic (exact) mass is 216 g/mol. The molecule has 1 saturated carbocycles. The van der Waals surface area contributed by atoms with E-state index in [1.165, 1.54) is 32.1 Å². The first-order valence-corrected chi connectivity index (χ1v) is 7.20. The van der Waals surface area contributed by atoms with E-state index in [1.807, 2.05) is 27.7 Å². The molecule has 96 valence electrons. The van der Waals surface area contributed by atoms with Gasteiger partial charge in [0.2, 0.25) is 0 Å². The predicted octanol–water partition coefficient (Wildman–Crippen LogP) is 6.30. The highest BCUT2D eigenvalue weighted by Crippen LogP contribution is 2.27. The third-order valence-corrected chi connectivity index (χ3v) is 2.30. The Balaban J connectivity index is -0.000000176. The van der Waals surface area contributed by atoms with E-state index in [0.717, 1.165) is 11.8 Å². The van der Waals surface area contributed by atoms with Gasteiger partial charge in [0.15, 0.2) is 0 Å². The molecule has 15 heavy (non-hydrogen) atoms. The molecule has 0 N–H and O–H groups in total. The van der Waals surface area contributed by atoms with Crippen LogP contribution in [0.25, 0.3) is 0 Å². The fourth-order valence-electron chi connectivity index (χ4n) is 1.43. The first-order valence-electron chi connectivity index (χ1n) is 7.20. The molecule has 0 heteroatoms. The van der Waals surface area contributed by atoms with Gasteiger partial charge >= 0.3 is 0 Å². The van der Waals surface area contributed by atoms with E-state index in [2.05, 4.69) is 27.7 Å². The molecular weight excluding hydrogens is 180 g/mol. The van der Waals surface area contributed by atoms with E-state index in [4.69, 9.17) is 0 Å². The summed E-state index contributed by atoms with van der Waals surface area (Å²) < 4.78 is 0. The number of hydrogen-bond acceptors (Lipinski definition) is 0. The maximum Gasteiger partial charge on any atom is -0.0443 e. The van der Waals surface area contributed by atoms with E-state index < -0.39 is 0 Å². The van der Waals surface area contributed by atoms with Crippen molar-refractivity contribution in [3.8, 4) is 0 Å². The molecule has 1 aliphatic carbocycles. The molecule has 0 aliphatic heterocycles. The highest BCUT2D eigenvalue weighted by atomic mass is 14.2. The minimum atomic E-state index is 1.02. The summed E-state index contributed by atoms with van der Waals surface area (Å²) in [5.41, 5.74) is 0. The van der Waals surface area contributed by atoms with Crippen molar-refractivity contribution in [2.75, 3.05) is 0 Å². The predicted molar refractivity (Wildman–Crippen MR) is 75.5 cm³/mol. The third-order valence-electron chi connectivity index (χ3n) is 2.30. The summed E-state index contributed by atoms with van der Waals surface area (Å²) in [4.78, 5) is 0. The molecule has 0 nitrogen and oxygen atoms in total. The zero-order valence-electron chi connectivity index (χ0n) is 12.7. The average Bonchev–Trinajstić information content (AvgIpc) is 2.29. The summed E-state index contributed by atoms with van der Waals surface area (Å²) in [7, 11) is 0. The van der Waals surface area contributed by atoms with Crippen LogP contribution in [0.2, 0.25) is 0 Å². The highest BCUT2D eigenvalue weighted by molar-refractivity contribution is 4.65. The lowest BCUT2D eigenvalue weighted by Crippen LogP contribution is -2.08. The Morgan fingerprint density at radius 3 is 0.933 bits per heavy atom. The second kappa shape index (κ2) is 19.6. The lowest BCUT2D eigenvalue weighted by Gasteiger charge is -2.22. The van der Waals surface area contributed by atoms with Crippen LogP contribution in [-0.4, -0.2) is 0 Å². The van der Waals surface area contributed by atoms with Gasteiger partial charge in [-0.1, -0.05) is 87.5 Å². The van der Waals surface area contributed by atoms with E-state index in [1.54, 1.807) is 0 Å². The Kier molecular flexibility index (Phi) is 26.6. The van der Waals surface area contributed by atoms with Gasteiger partial charge in [-0.25, -0.2) is 0 Å². The summed E-state index contributed by atoms with van der Waals surface area (Å²) in [6.07, 6.45) is 7.14. The van der Waals surface area contributed by atoms with Crippen LogP contribution in [0.4, 0.5) is 0 Å². The van der Waals surface area contributed by atoms with Crippen molar-refractivity contribution in [2.24, 2.45) is 11.8 Å². The Labute approximate surface area is 99.9 Å². The normalized spacial score (nSPS) is 23.2. The summed E-state index contributed by atoms with van der Waals surface area (Å²) >= 11 is 0. The van der Waals surface area contributed by atoms with Crippen LogP contribution in [0.3, 0.4) is 0 Å². The van der Waals surface area contributed by atoms with Gasteiger partial charge in [-0.2, -0.15) is 0 Å². The summed E-state index contributed by atoms with van der Waals surface area (Å²) in [5, 5.41) is 0. The minimum Gasteiger partial charge on any atom is -0.0683 e. The standard InChI is InChI=1S/C8H16.C3H8.2C2H6/c1-7-3-5-8(2)6-4-7;1-3-2;2*1-2/h7-8H,3-6H2,1-2H3;3H2,1-2H3;2*1-2H3. The maximum absolute atomic E-state index is 2.37. The fourth-order valence-corrected chi connectivity index (χ4v) is 1.43. The van der Waals surface area contributed by atoms with Gasteiger partial charge in [-0.05, 0) is 11.8 Å². The first kappa shape index (κ1) is 20.4. The molecule has 0 unspecified atom stereocenters. The topological polar surface area (TPSA) is 0 Å². The van der Waals surface area contributed by atoms with E-state index in [0.29, 0.717) is 0 Å². The molecular formula is C15H36. The van der Waals surface area contributed by atoms with Crippen LogP contribution >= 0.6 is 0 Å². The third kappa shape index (κ3) is 20.2. The van der Waals surface area contributed by atoms with Crippen molar-refractivity contribution in [3.63, 3.8) is 0 Å². The Bertz CT molecular complexity index is 58.1. The van der Waals surface area contributed by atoms with E-state index in [9.17, 15) is 0 Å². The molecule has 0 aromatic heterocycles. The van der Waals surface area contributed by atoms with Gasteiger partial charge < -0.3 is 0 Å². The molecule has 1 fully saturated rings. The number of hydrogen-bond donors (Lipinski definition) is 0. The second-order valence-electron chi connectivity index (χ2n) is 4.07. The van der Waals surface area contributed by atoms with E-state index >= 15 is 0 Å². The second-order valence-corrected chi connectivity index (χ2v) is 4.07. The van der Waals surface area contributed by atoms with Crippen LogP contribution in [0.5, 0.6) is 0 Å². The quantitative estimate of drug-likeness (QED) is 0.445. The summed E-state index contributed by atoms with van der Waals surface area (Å²) in [6.45, 7) is 17.0. The molecule has 0 aromatic carbocycles. The van der Waals surface area contributed by atoms with Gasteiger partial charge in [0.25, 0.3) is 0 Å². The molecule has 1 aliphatic rings. The van der Waals surface area contributed by atoms with E-state index in [-0.39, 0.29) is 0 Å². The van der Waals surface area contributed by atoms with Gasteiger partial charge in [0.05, 0.1) is 0 Å². The minimum absolute atomic E-state index is 1.02. The van der Waals surface area contributed by atoms with Crippen LogP contribution in [0.15, 0.2) is 0 Å². The van der Waals surface area contributed by atoms with Crippen molar-refractivity contribution in [1.82, 2.24) is 0 Å². The van der Waals surface area contributed by atoms with Gasteiger partial charge in [0, 0.05) is 0 Å². The molecule has 0 bridgehead atoms. The number of rotatable bonds is 0. The molecule has 0 spiro atoms. The zero-order chi connectivity index (χ0) is 12.7. The highest BCUT2D eigenvalue weighted by Gasteiger charge is 2.13. The summed E-state index contributed by atoms with van der Waals surface area (Å²) in [5.74, 6) is 2.04. The SMILES string of the molecule is CC.CC.CC1CCC(C)CC1.CCC. The van der Waals surface area contributed by atoms with Crippen molar-refractivity contribution in [2.45, 2.75) is 87.5 Å². The molecule has 0 amide bonds. The van der Waals surface area contributed by atoms with Crippen LogP contribution in [-0.2, 0) is 0 Å². The zero-order valence-corrected chi connectivity index (χ0v) is 12.7. The Morgan fingerprint density at radius 1 is 0.667 bits per heavy atom. The average molecular weight is 216 g/mol. The lowest BCUT2D eigenvalue weighted by molar-refractivity contribution is 0.308. The van der Waals surface area contributed by atoms with Crippen molar-refractivity contribution in [1.29, 1.82) is 0 Å². The maximum atomic E-state index is 2.37. The fraction of sp³-hybridized carbons (Fsp3) is 1.00. The summed E-state index contributed by atoms with van der Waals surface area (Å²) in [6, 6.07) is 0. The van der Waals surface area contributed by atoms with Crippen molar-refractivity contribution < 1.29 is 0 Å². The first-order chi connectivity index (χ1) is 7.20. The van der Waals surface area contributed by atoms with Gasteiger partial charge in [-0.3, -0.25) is 0 Å². The Hall–Kier alpha value is 0. The molecule has 0 aromatic rings. The van der Waals surface area contributed by atoms with Crippen LogP contribution in [0.1, 0.15) is 87.5 Å². The van der Waals surface area contributed by atoms with Gasteiger partial charge in [0.1, 0.15) is 0 Å². The Morgan fingerprint density at radius 2 is 0.800 bits per heavy atom. The largest absolute Gasteiger partial charge is 0.0683 e.